The number of hydrogen-bond acceptors (Lipinski definition) is 4. The third-order valence-electron chi connectivity index (χ3n) is 4.42. The maximum atomic E-state index is 12.8. The molecule has 0 saturated carbocycles. The molecule has 0 spiro atoms. The van der Waals surface area contributed by atoms with E-state index >= 15 is 0 Å². The molecular formula is C19H21BrN2O3S. The number of benzene rings is 1. The SMILES string of the molecule is CN(CCOc1ccc(Br)cc1)C(=O)C1CCCN1C(=O)c1cccs1. The van der Waals surface area contributed by atoms with Gasteiger partial charge in [-0.15, -0.1) is 11.3 Å². The number of rotatable bonds is 6. The van der Waals surface area contributed by atoms with Crippen molar-refractivity contribution in [1.82, 2.24) is 9.80 Å². The Hall–Kier alpha value is -1.86. The maximum Gasteiger partial charge on any atom is 0.264 e. The van der Waals surface area contributed by atoms with Crippen molar-refractivity contribution in [3.63, 3.8) is 0 Å². The summed E-state index contributed by atoms with van der Waals surface area (Å²) in [7, 11) is 1.76. The lowest BCUT2D eigenvalue weighted by Crippen LogP contribution is -2.47. The van der Waals surface area contributed by atoms with Crippen molar-refractivity contribution in [2.24, 2.45) is 0 Å². The van der Waals surface area contributed by atoms with Gasteiger partial charge in [-0.2, -0.15) is 0 Å². The fraction of sp³-hybridized carbons (Fsp3) is 0.368. The predicted molar refractivity (Wildman–Crippen MR) is 106 cm³/mol. The minimum atomic E-state index is -0.373. The Kier molecular flexibility index (Phi) is 6.32. The van der Waals surface area contributed by atoms with Gasteiger partial charge in [0.15, 0.2) is 0 Å². The zero-order chi connectivity index (χ0) is 18.5. The van der Waals surface area contributed by atoms with Gasteiger partial charge in [0, 0.05) is 18.1 Å². The minimum Gasteiger partial charge on any atom is -0.492 e. The highest BCUT2D eigenvalue weighted by Gasteiger charge is 2.36. The molecule has 1 atom stereocenters. The lowest BCUT2D eigenvalue weighted by molar-refractivity contribution is -0.134. The molecule has 1 aromatic heterocycles. The van der Waals surface area contributed by atoms with Gasteiger partial charge in [-0.25, -0.2) is 0 Å². The van der Waals surface area contributed by atoms with Gasteiger partial charge in [0.2, 0.25) is 5.91 Å². The second-order valence-corrected chi connectivity index (χ2v) is 8.06. The van der Waals surface area contributed by atoms with Crippen LogP contribution in [0.15, 0.2) is 46.3 Å². The summed E-state index contributed by atoms with van der Waals surface area (Å²) in [5.74, 6) is 0.701. The first-order valence-electron chi connectivity index (χ1n) is 8.54. The first kappa shape index (κ1) is 18.9. The lowest BCUT2D eigenvalue weighted by Gasteiger charge is -2.27. The Morgan fingerprint density at radius 2 is 2.08 bits per heavy atom. The summed E-state index contributed by atoms with van der Waals surface area (Å²) in [5, 5.41) is 1.88. The van der Waals surface area contributed by atoms with Crippen molar-refractivity contribution < 1.29 is 14.3 Å². The molecule has 0 radical (unpaired) electrons. The number of hydrogen-bond donors (Lipinski definition) is 0. The van der Waals surface area contributed by atoms with Gasteiger partial charge < -0.3 is 14.5 Å². The molecule has 0 aliphatic carbocycles. The number of carbonyl (C=O) groups is 2. The number of ether oxygens (including phenoxy) is 1. The van der Waals surface area contributed by atoms with Crippen LogP contribution < -0.4 is 4.74 Å². The maximum absolute atomic E-state index is 12.8. The zero-order valence-corrected chi connectivity index (χ0v) is 17.0. The molecule has 26 heavy (non-hydrogen) atoms. The largest absolute Gasteiger partial charge is 0.492 e. The van der Waals surface area contributed by atoms with Crippen LogP contribution in [0.4, 0.5) is 0 Å². The monoisotopic (exact) mass is 436 g/mol. The van der Waals surface area contributed by atoms with Crippen LogP contribution in [-0.4, -0.2) is 54.4 Å². The predicted octanol–water partition coefficient (Wildman–Crippen LogP) is 3.65. The molecule has 1 saturated heterocycles. The molecule has 0 N–H and O–H groups in total. The van der Waals surface area contributed by atoms with Crippen LogP contribution in [-0.2, 0) is 4.79 Å². The van der Waals surface area contributed by atoms with Gasteiger partial charge >= 0.3 is 0 Å². The highest BCUT2D eigenvalue weighted by atomic mass is 79.9. The molecule has 1 aliphatic heterocycles. The summed E-state index contributed by atoms with van der Waals surface area (Å²) >= 11 is 4.80. The summed E-state index contributed by atoms with van der Waals surface area (Å²) < 4.78 is 6.68. The normalized spacial score (nSPS) is 16.5. The van der Waals surface area contributed by atoms with Gasteiger partial charge in [0.05, 0.1) is 11.4 Å². The quantitative estimate of drug-likeness (QED) is 0.693. The lowest BCUT2D eigenvalue weighted by atomic mass is 10.2. The molecule has 3 rings (SSSR count). The van der Waals surface area contributed by atoms with Crippen LogP contribution in [0.25, 0.3) is 0 Å². The molecule has 0 bridgehead atoms. The first-order chi connectivity index (χ1) is 12.6. The number of halogens is 1. The smallest absolute Gasteiger partial charge is 0.264 e. The van der Waals surface area contributed by atoms with E-state index in [0.717, 1.165) is 16.6 Å². The van der Waals surface area contributed by atoms with E-state index in [1.807, 2.05) is 41.8 Å². The topological polar surface area (TPSA) is 49.9 Å². The van der Waals surface area contributed by atoms with Crippen LogP contribution in [0, 0.1) is 0 Å². The number of nitrogens with zero attached hydrogens (tertiary/aromatic N) is 2. The van der Waals surface area contributed by atoms with Crippen molar-refractivity contribution in [1.29, 1.82) is 0 Å². The van der Waals surface area contributed by atoms with Gasteiger partial charge in [0.1, 0.15) is 18.4 Å². The fourth-order valence-electron chi connectivity index (χ4n) is 3.00. The number of thiophene rings is 1. The van der Waals surface area contributed by atoms with Crippen LogP contribution in [0.3, 0.4) is 0 Å². The summed E-state index contributed by atoms with van der Waals surface area (Å²) in [6.45, 7) is 1.53. The van der Waals surface area contributed by atoms with Gasteiger partial charge in [-0.1, -0.05) is 22.0 Å². The Balaban J connectivity index is 1.53. The van der Waals surface area contributed by atoms with E-state index < -0.39 is 0 Å². The van der Waals surface area contributed by atoms with Crippen LogP contribution >= 0.6 is 27.3 Å². The minimum absolute atomic E-state index is 0.0215. The summed E-state index contributed by atoms with van der Waals surface area (Å²) in [5.41, 5.74) is 0. The molecule has 2 aromatic rings. The second kappa shape index (κ2) is 8.68. The second-order valence-electron chi connectivity index (χ2n) is 6.20. The highest BCUT2D eigenvalue weighted by Crippen LogP contribution is 2.23. The molecule has 138 valence electrons. The van der Waals surface area contributed by atoms with Gasteiger partial charge in [0.25, 0.3) is 5.91 Å². The van der Waals surface area contributed by atoms with Crippen LogP contribution in [0.2, 0.25) is 0 Å². The molecule has 2 amide bonds. The Bertz CT molecular complexity index is 749. The van der Waals surface area contributed by atoms with Gasteiger partial charge in [-0.3, -0.25) is 9.59 Å². The van der Waals surface area contributed by atoms with Crippen molar-refractivity contribution in [2.75, 3.05) is 26.7 Å². The third-order valence-corrected chi connectivity index (χ3v) is 5.80. The molecule has 1 aliphatic rings. The molecule has 1 fully saturated rings. The van der Waals surface area contributed by atoms with E-state index in [-0.39, 0.29) is 17.9 Å². The number of amides is 2. The Morgan fingerprint density at radius 3 is 2.77 bits per heavy atom. The van der Waals surface area contributed by atoms with Gasteiger partial charge in [-0.05, 0) is 48.6 Å². The molecular weight excluding hydrogens is 416 g/mol. The van der Waals surface area contributed by atoms with E-state index in [1.165, 1.54) is 11.3 Å². The first-order valence-corrected chi connectivity index (χ1v) is 10.2. The standard InChI is InChI=1S/C19H21BrN2O3S/c1-21(11-12-25-15-8-6-14(20)7-9-15)18(23)16-4-2-10-22(16)19(24)17-5-3-13-26-17/h3,5-9,13,16H,2,4,10-12H2,1H3. The Morgan fingerprint density at radius 1 is 1.31 bits per heavy atom. The summed E-state index contributed by atoms with van der Waals surface area (Å²) in [4.78, 5) is 29.5. The van der Waals surface area contributed by atoms with Crippen molar-refractivity contribution in [3.05, 3.63) is 51.1 Å². The third kappa shape index (κ3) is 4.45. The van der Waals surface area contributed by atoms with E-state index in [2.05, 4.69) is 15.9 Å². The zero-order valence-electron chi connectivity index (χ0n) is 14.6. The van der Waals surface area contributed by atoms with E-state index in [4.69, 9.17) is 4.74 Å². The average Bonchev–Trinajstić information content (AvgIpc) is 3.34. The van der Waals surface area contributed by atoms with E-state index in [1.54, 1.807) is 16.8 Å². The summed E-state index contributed by atoms with van der Waals surface area (Å²) in [6.07, 6.45) is 1.57. The van der Waals surface area contributed by atoms with Crippen molar-refractivity contribution >= 4 is 39.1 Å². The number of carbonyl (C=O) groups excluding carboxylic acids is 2. The molecule has 1 aromatic carbocycles. The summed E-state index contributed by atoms with van der Waals surface area (Å²) in [6, 6.07) is 10.9. The molecule has 2 heterocycles. The molecule has 1 unspecified atom stereocenters. The molecule has 7 heteroatoms. The fourth-order valence-corrected chi connectivity index (χ4v) is 3.95. The van der Waals surface area contributed by atoms with Crippen LogP contribution in [0.1, 0.15) is 22.5 Å². The van der Waals surface area contributed by atoms with E-state index in [9.17, 15) is 9.59 Å². The average molecular weight is 437 g/mol. The van der Waals surface area contributed by atoms with Crippen LogP contribution in [0.5, 0.6) is 5.75 Å². The molecule has 5 nitrogen and oxygen atoms in total. The number of likely N-dealkylation sites (tertiary alicyclic amines) is 1. The number of likely N-dealkylation sites (N-methyl/N-ethyl adjacent to an activating group) is 1. The highest BCUT2D eigenvalue weighted by molar-refractivity contribution is 9.10. The van der Waals surface area contributed by atoms with Crippen molar-refractivity contribution in [2.45, 2.75) is 18.9 Å². The van der Waals surface area contributed by atoms with Crippen molar-refractivity contribution in [3.8, 4) is 5.75 Å². The van der Waals surface area contributed by atoms with E-state index in [0.29, 0.717) is 31.0 Å². The Labute approximate surface area is 165 Å².